The van der Waals surface area contributed by atoms with E-state index < -0.39 is 5.60 Å². The van der Waals surface area contributed by atoms with Gasteiger partial charge in [-0.25, -0.2) is 9.78 Å². The summed E-state index contributed by atoms with van der Waals surface area (Å²) in [6.45, 7) is 8.17. The fourth-order valence-corrected chi connectivity index (χ4v) is 3.72. The van der Waals surface area contributed by atoms with Crippen molar-refractivity contribution in [3.63, 3.8) is 0 Å². The van der Waals surface area contributed by atoms with Gasteiger partial charge in [-0.3, -0.25) is 0 Å². The lowest BCUT2D eigenvalue weighted by Gasteiger charge is -2.24. The van der Waals surface area contributed by atoms with Crippen LogP contribution in [0, 0.1) is 5.92 Å². The van der Waals surface area contributed by atoms with Crippen molar-refractivity contribution in [2.24, 2.45) is 5.92 Å². The molecular formula is C22H29Cl2N5O2. The largest absolute Gasteiger partial charge is 0.444 e. The van der Waals surface area contributed by atoms with Gasteiger partial charge in [0.1, 0.15) is 11.4 Å². The number of nitrogens with zero attached hydrogens (tertiary/aromatic N) is 2. The molecule has 1 aromatic carbocycles. The van der Waals surface area contributed by atoms with Crippen molar-refractivity contribution in [1.82, 2.24) is 9.88 Å². The molecule has 1 aromatic heterocycles. The average molecular weight is 466 g/mol. The Bertz CT molecular complexity index is 933. The zero-order chi connectivity index (χ0) is 22.6. The molecule has 168 valence electrons. The van der Waals surface area contributed by atoms with Crippen molar-refractivity contribution < 1.29 is 9.53 Å². The van der Waals surface area contributed by atoms with Gasteiger partial charge >= 0.3 is 6.09 Å². The minimum atomic E-state index is -0.486. The molecule has 0 radical (unpaired) electrons. The van der Waals surface area contributed by atoms with E-state index in [1.165, 1.54) is 0 Å². The van der Waals surface area contributed by atoms with Crippen LogP contribution in [0.15, 0.2) is 30.5 Å². The Balaban J connectivity index is 1.54. The number of aromatic nitrogens is 1. The standard InChI is InChI=1S/C22H29Cl2N5O2/c1-22(2,3)31-21(30)29-8-7-14(13-29)10-27-19-9-18(17(25)12-28-19)26-11-15-5-4-6-16(23)20(15)24/h4-6,9,12,14H,7-8,10-11,13,25H2,1-3H3,(H2,26,27,28). The van der Waals surface area contributed by atoms with E-state index in [0.717, 1.165) is 17.7 Å². The number of nitrogens with two attached hydrogens (primary N) is 1. The van der Waals surface area contributed by atoms with Crippen molar-refractivity contribution >= 4 is 46.5 Å². The number of amides is 1. The molecule has 1 unspecified atom stereocenters. The first-order valence-corrected chi connectivity index (χ1v) is 11.0. The Morgan fingerprint density at radius 2 is 2.10 bits per heavy atom. The van der Waals surface area contributed by atoms with Crippen LogP contribution >= 0.6 is 23.2 Å². The van der Waals surface area contributed by atoms with E-state index in [4.69, 9.17) is 33.7 Å². The Labute approximate surface area is 193 Å². The first kappa shape index (κ1) is 23.3. The maximum Gasteiger partial charge on any atom is 0.410 e. The SMILES string of the molecule is CC(C)(C)OC(=O)N1CCC(CNc2cc(NCc3cccc(Cl)c3Cl)c(N)cn2)C1. The van der Waals surface area contributed by atoms with E-state index in [0.29, 0.717) is 53.6 Å². The van der Waals surface area contributed by atoms with Gasteiger partial charge in [-0.1, -0.05) is 35.3 Å². The summed E-state index contributed by atoms with van der Waals surface area (Å²) in [4.78, 5) is 18.3. The third-order valence-corrected chi connectivity index (χ3v) is 5.80. The number of anilines is 3. The highest BCUT2D eigenvalue weighted by Crippen LogP contribution is 2.28. The number of pyridine rings is 1. The number of halogens is 2. The Kier molecular flexibility index (Phi) is 7.38. The van der Waals surface area contributed by atoms with E-state index in [-0.39, 0.29) is 6.09 Å². The molecule has 1 amide bonds. The van der Waals surface area contributed by atoms with Crippen molar-refractivity contribution in [3.8, 4) is 0 Å². The van der Waals surface area contributed by atoms with Crippen molar-refractivity contribution in [1.29, 1.82) is 0 Å². The second-order valence-electron chi connectivity index (χ2n) is 8.69. The van der Waals surface area contributed by atoms with Crippen LogP contribution in [0.1, 0.15) is 32.8 Å². The Morgan fingerprint density at radius 3 is 2.84 bits per heavy atom. The maximum absolute atomic E-state index is 12.2. The zero-order valence-corrected chi connectivity index (χ0v) is 19.6. The zero-order valence-electron chi connectivity index (χ0n) is 18.0. The van der Waals surface area contributed by atoms with Crippen LogP contribution in [-0.2, 0) is 11.3 Å². The molecule has 1 aliphatic rings. The van der Waals surface area contributed by atoms with E-state index in [9.17, 15) is 4.79 Å². The number of nitrogen functional groups attached to an aromatic ring is 1. The molecule has 31 heavy (non-hydrogen) atoms. The molecule has 2 aromatic rings. The molecule has 0 saturated carbocycles. The lowest BCUT2D eigenvalue weighted by atomic mass is 10.1. The fourth-order valence-electron chi connectivity index (χ4n) is 3.33. The van der Waals surface area contributed by atoms with Crippen molar-refractivity contribution in [2.45, 2.75) is 39.3 Å². The van der Waals surface area contributed by atoms with Gasteiger partial charge in [0, 0.05) is 32.2 Å². The molecule has 1 atom stereocenters. The normalized spacial score (nSPS) is 16.3. The fraction of sp³-hybridized carbons (Fsp3) is 0.455. The van der Waals surface area contributed by atoms with Crippen molar-refractivity contribution in [2.75, 3.05) is 36.0 Å². The van der Waals surface area contributed by atoms with Crippen LogP contribution in [0.5, 0.6) is 0 Å². The predicted octanol–water partition coefficient (Wildman–Crippen LogP) is 5.25. The van der Waals surface area contributed by atoms with Crippen LogP contribution in [-0.4, -0.2) is 41.2 Å². The van der Waals surface area contributed by atoms with E-state index in [1.807, 2.05) is 39.0 Å². The maximum atomic E-state index is 12.2. The molecular weight excluding hydrogens is 437 g/mol. The molecule has 1 fully saturated rings. The first-order chi connectivity index (χ1) is 14.6. The number of carbonyl (C=O) groups is 1. The average Bonchev–Trinajstić information content (AvgIpc) is 3.17. The number of carbonyl (C=O) groups excluding carboxylic acids is 1. The molecule has 1 aliphatic heterocycles. The second-order valence-corrected chi connectivity index (χ2v) is 9.47. The van der Waals surface area contributed by atoms with Gasteiger partial charge in [-0.2, -0.15) is 0 Å². The molecule has 1 saturated heterocycles. The van der Waals surface area contributed by atoms with Crippen LogP contribution in [0.4, 0.5) is 22.0 Å². The minimum absolute atomic E-state index is 0.258. The quantitative estimate of drug-likeness (QED) is 0.539. The van der Waals surface area contributed by atoms with Gasteiger partial charge in [0.25, 0.3) is 0 Å². The van der Waals surface area contributed by atoms with Crippen LogP contribution in [0.3, 0.4) is 0 Å². The van der Waals surface area contributed by atoms with Gasteiger partial charge < -0.3 is 26.0 Å². The van der Waals surface area contributed by atoms with Gasteiger partial charge in [0.2, 0.25) is 0 Å². The monoisotopic (exact) mass is 465 g/mol. The lowest BCUT2D eigenvalue weighted by molar-refractivity contribution is 0.0289. The smallest absolute Gasteiger partial charge is 0.410 e. The number of hydrogen-bond acceptors (Lipinski definition) is 6. The summed E-state index contributed by atoms with van der Waals surface area (Å²) >= 11 is 12.3. The summed E-state index contributed by atoms with van der Waals surface area (Å²) in [6, 6.07) is 7.39. The number of hydrogen-bond donors (Lipinski definition) is 3. The summed E-state index contributed by atoms with van der Waals surface area (Å²) in [6.07, 6.45) is 2.28. The summed E-state index contributed by atoms with van der Waals surface area (Å²) in [5, 5.41) is 7.68. The van der Waals surface area contributed by atoms with Gasteiger partial charge in [-0.05, 0) is 44.7 Å². The molecule has 0 spiro atoms. The van der Waals surface area contributed by atoms with Gasteiger partial charge in [0.05, 0.1) is 27.6 Å². The number of nitrogens with one attached hydrogen (secondary N) is 2. The lowest BCUT2D eigenvalue weighted by Crippen LogP contribution is -2.35. The summed E-state index contributed by atoms with van der Waals surface area (Å²) in [7, 11) is 0. The van der Waals surface area contributed by atoms with Crippen molar-refractivity contribution in [3.05, 3.63) is 46.1 Å². The Hall–Kier alpha value is -2.38. The highest BCUT2D eigenvalue weighted by molar-refractivity contribution is 6.42. The highest BCUT2D eigenvalue weighted by Gasteiger charge is 2.29. The van der Waals surface area contributed by atoms with E-state index >= 15 is 0 Å². The Morgan fingerprint density at radius 1 is 1.32 bits per heavy atom. The topological polar surface area (TPSA) is 92.5 Å². The number of rotatable bonds is 6. The summed E-state index contributed by atoms with van der Waals surface area (Å²) in [5.74, 6) is 1.04. The third-order valence-electron chi connectivity index (χ3n) is 4.95. The minimum Gasteiger partial charge on any atom is -0.444 e. The molecule has 0 aliphatic carbocycles. The van der Waals surface area contributed by atoms with E-state index in [1.54, 1.807) is 17.2 Å². The molecule has 7 nitrogen and oxygen atoms in total. The van der Waals surface area contributed by atoms with Gasteiger partial charge in [-0.15, -0.1) is 0 Å². The van der Waals surface area contributed by atoms with Gasteiger partial charge in [0.15, 0.2) is 0 Å². The molecule has 9 heteroatoms. The van der Waals surface area contributed by atoms with Crippen LogP contribution in [0.25, 0.3) is 0 Å². The highest BCUT2D eigenvalue weighted by atomic mass is 35.5. The van der Waals surface area contributed by atoms with Crippen LogP contribution < -0.4 is 16.4 Å². The predicted molar refractivity (Wildman–Crippen MR) is 127 cm³/mol. The first-order valence-electron chi connectivity index (χ1n) is 10.3. The molecule has 4 N–H and O–H groups in total. The van der Waals surface area contributed by atoms with Crippen LogP contribution in [0.2, 0.25) is 10.0 Å². The number of ether oxygens (including phenoxy) is 1. The number of likely N-dealkylation sites (tertiary alicyclic amines) is 1. The number of benzene rings is 1. The molecule has 2 heterocycles. The van der Waals surface area contributed by atoms with E-state index in [2.05, 4.69) is 15.6 Å². The third kappa shape index (κ3) is 6.55. The second kappa shape index (κ2) is 9.83. The molecule has 0 bridgehead atoms. The summed E-state index contributed by atoms with van der Waals surface area (Å²) in [5.41, 5.74) is 7.77. The molecule has 3 rings (SSSR count). The summed E-state index contributed by atoms with van der Waals surface area (Å²) < 4.78 is 5.46.